The van der Waals surface area contributed by atoms with Gasteiger partial charge in [0.05, 0.1) is 11.3 Å². The van der Waals surface area contributed by atoms with Gasteiger partial charge in [-0.15, -0.1) is 0 Å². The number of carbonyl (C=O) groups is 1. The van der Waals surface area contributed by atoms with Crippen molar-refractivity contribution < 1.29 is 4.79 Å². The van der Waals surface area contributed by atoms with Crippen molar-refractivity contribution in [2.75, 3.05) is 10.6 Å². The van der Waals surface area contributed by atoms with Crippen LogP contribution in [-0.4, -0.2) is 11.9 Å². The van der Waals surface area contributed by atoms with Crippen LogP contribution in [0.1, 0.15) is 25.0 Å². The zero-order valence-corrected chi connectivity index (χ0v) is 12.8. The lowest BCUT2D eigenvalue weighted by Gasteiger charge is -2.16. The van der Waals surface area contributed by atoms with Gasteiger partial charge >= 0.3 is 0 Å². The number of hydrogen-bond acceptors (Lipinski definition) is 3. The number of anilines is 2. The first-order chi connectivity index (χ1) is 10.6. The van der Waals surface area contributed by atoms with Crippen LogP contribution in [-0.2, 0) is 11.2 Å². The maximum absolute atomic E-state index is 12.2. The van der Waals surface area contributed by atoms with Crippen molar-refractivity contribution >= 4 is 17.3 Å². The van der Waals surface area contributed by atoms with Crippen LogP contribution in [0.25, 0.3) is 0 Å². The van der Waals surface area contributed by atoms with E-state index in [1.807, 2.05) is 24.3 Å². The third kappa shape index (κ3) is 3.86. The molecule has 0 aliphatic carbocycles. The highest BCUT2D eigenvalue weighted by Crippen LogP contribution is 2.15. The van der Waals surface area contributed by atoms with Crippen LogP contribution in [0.5, 0.6) is 0 Å². The standard InChI is InChI=1S/C18H19N3O/c1-3-14-8-10-16(11-9-14)20-13(2)18(22)21-17-7-5-4-6-15(17)12-19/h4-11,13,20H,3H2,1-2H3,(H,21,22)/t13-/m1/s1. The van der Waals surface area contributed by atoms with E-state index in [1.54, 1.807) is 31.2 Å². The molecule has 2 aromatic rings. The molecule has 112 valence electrons. The largest absolute Gasteiger partial charge is 0.374 e. The molecule has 0 spiro atoms. The summed E-state index contributed by atoms with van der Waals surface area (Å²) in [7, 11) is 0. The zero-order valence-electron chi connectivity index (χ0n) is 12.8. The highest BCUT2D eigenvalue weighted by Gasteiger charge is 2.14. The average Bonchev–Trinajstić information content (AvgIpc) is 2.56. The molecule has 22 heavy (non-hydrogen) atoms. The van der Waals surface area contributed by atoms with E-state index >= 15 is 0 Å². The van der Waals surface area contributed by atoms with E-state index in [0.29, 0.717) is 11.3 Å². The van der Waals surface area contributed by atoms with E-state index in [1.165, 1.54) is 5.56 Å². The number of para-hydroxylation sites is 1. The van der Waals surface area contributed by atoms with Gasteiger partial charge in [-0.3, -0.25) is 4.79 Å². The lowest BCUT2D eigenvalue weighted by atomic mass is 10.1. The number of nitrogens with zero attached hydrogens (tertiary/aromatic N) is 1. The van der Waals surface area contributed by atoms with E-state index in [2.05, 4.69) is 23.6 Å². The summed E-state index contributed by atoms with van der Waals surface area (Å²) in [5.74, 6) is -0.178. The van der Waals surface area contributed by atoms with Gasteiger partial charge in [-0.25, -0.2) is 0 Å². The first kappa shape index (κ1) is 15.6. The molecular weight excluding hydrogens is 274 g/mol. The Labute approximate surface area is 130 Å². The summed E-state index contributed by atoms with van der Waals surface area (Å²) in [5, 5.41) is 15.0. The predicted octanol–water partition coefficient (Wildman–Crippen LogP) is 3.56. The molecule has 0 aromatic heterocycles. The van der Waals surface area contributed by atoms with Gasteiger partial charge < -0.3 is 10.6 Å². The number of aryl methyl sites for hydroxylation is 1. The summed E-state index contributed by atoms with van der Waals surface area (Å²) < 4.78 is 0. The second-order valence-corrected chi connectivity index (χ2v) is 5.06. The molecule has 2 N–H and O–H groups in total. The molecule has 0 radical (unpaired) electrons. The Bertz CT molecular complexity index is 686. The number of hydrogen-bond donors (Lipinski definition) is 2. The summed E-state index contributed by atoms with van der Waals surface area (Å²) in [5.41, 5.74) is 3.14. The number of carbonyl (C=O) groups excluding carboxylic acids is 1. The van der Waals surface area contributed by atoms with Crippen molar-refractivity contribution in [3.63, 3.8) is 0 Å². The smallest absolute Gasteiger partial charge is 0.246 e. The molecule has 0 aliphatic heterocycles. The van der Waals surface area contributed by atoms with Crippen LogP contribution in [0.3, 0.4) is 0 Å². The van der Waals surface area contributed by atoms with Crippen molar-refractivity contribution in [3.8, 4) is 6.07 Å². The molecule has 4 heteroatoms. The van der Waals surface area contributed by atoms with Crippen molar-refractivity contribution in [1.29, 1.82) is 5.26 Å². The van der Waals surface area contributed by atoms with Crippen LogP contribution in [0.2, 0.25) is 0 Å². The fourth-order valence-electron chi connectivity index (χ4n) is 2.08. The fourth-order valence-corrected chi connectivity index (χ4v) is 2.08. The lowest BCUT2D eigenvalue weighted by Crippen LogP contribution is -2.32. The van der Waals surface area contributed by atoms with Crippen LogP contribution in [0.15, 0.2) is 48.5 Å². The van der Waals surface area contributed by atoms with Gasteiger partial charge in [0.2, 0.25) is 5.91 Å². The Balaban J connectivity index is 2.01. The molecule has 0 fully saturated rings. The van der Waals surface area contributed by atoms with E-state index in [0.717, 1.165) is 12.1 Å². The molecule has 1 amide bonds. The van der Waals surface area contributed by atoms with Gasteiger partial charge in [0, 0.05) is 5.69 Å². The van der Waals surface area contributed by atoms with Gasteiger partial charge in [0.25, 0.3) is 0 Å². The maximum Gasteiger partial charge on any atom is 0.246 e. The highest BCUT2D eigenvalue weighted by molar-refractivity contribution is 5.97. The first-order valence-corrected chi connectivity index (χ1v) is 7.29. The predicted molar refractivity (Wildman–Crippen MR) is 88.7 cm³/mol. The quantitative estimate of drug-likeness (QED) is 0.886. The van der Waals surface area contributed by atoms with Gasteiger partial charge in [-0.05, 0) is 43.2 Å². The number of rotatable bonds is 5. The molecule has 4 nitrogen and oxygen atoms in total. The minimum Gasteiger partial charge on any atom is -0.374 e. The minimum atomic E-state index is -0.403. The van der Waals surface area contributed by atoms with Gasteiger partial charge in [0.15, 0.2) is 0 Å². The Hall–Kier alpha value is -2.80. The fraction of sp³-hybridized carbons (Fsp3) is 0.222. The summed E-state index contributed by atoms with van der Waals surface area (Å²) in [6, 6.07) is 16.6. The SMILES string of the molecule is CCc1ccc(N[C@H](C)C(=O)Nc2ccccc2C#N)cc1. The third-order valence-electron chi connectivity index (χ3n) is 3.44. The van der Waals surface area contributed by atoms with Gasteiger partial charge in [0.1, 0.15) is 12.1 Å². The molecule has 2 rings (SSSR count). The molecule has 0 saturated heterocycles. The van der Waals surface area contributed by atoms with Crippen LogP contribution < -0.4 is 10.6 Å². The van der Waals surface area contributed by atoms with E-state index < -0.39 is 6.04 Å². The number of benzene rings is 2. The Morgan fingerprint density at radius 3 is 2.50 bits per heavy atom. The van der Waals surface area contributed by atoms with Crippen LogP contribution >= 0.6 is 0 Å². The van der Waals surface area contributed by atoms with Crippen LogP contribution in [0.4, 0.5) is 11.4 Å². The third-order valence-corrected chi connectivity index (χ3v) is 3.44. The summed E-state index contributed by atoms with van der Waals surface area (Å²) in [4.78, 5) is 12.2. The van der Waals surface area contributed by atoms with E-state index in [4.69, 9.17) is 5.26 Å². The molecule has 0 bridgehead atoms. The average molecular weight is 293 g/mol. The molecule has 0 aliphatic rings. The molecule has 0 heterocycles. The summed E-state index contributed by atoms with van der Waals surface area (Å²) >= 11 is 0. The van der Waals surface area contributed by atoms with E-state index in [-0.39, 0.29) is 5.91 Å². The zero-order chi connectivity index (χ0) is 15.9. The van der Waals surface area contributed by atoms with Crippen LogP contribution in [0, 0.1) is 11.3 Å². The highest BCUT2D eigenvalue weighted by atomic mass is 16.2. The van der Waals surface area contributed by atoms with Crippen molar-refractivity contribution in [2.24, 2.45) is 0 Å². The molecular formula is C18H19N3O. The summed E-state index contributed by atoms with van der Waals surface area (Å²) in [6.45, 7) is 3.89. The van der Waals surface area contributed by atoms with Crippen molar-refractivity contribution in [1.82, 2.24) is 0 Å². The van der Waals surface area contributed by atoms with E-state index in [9.17, 15) is 4.79 Å². The first-order valence-electron chi connectivity index (χ1n) is 7.29. The maximum atomic E-state index is 12.2. The lowest BCUT2D eigenvalue weighted by molar-refractivity contribution is -0.116. The second kappa shape index (κ2) is 7.28. The van der Waals surface area contributed by atoms with Crippen molar-refractivity contribution in [3.05, 3.63) is 59.7 Å². The second-order valence-electron chi connectivity index (χ2n) is 5.06. The van der Waals surface area contributed by atoms with Gasteiger partial charge in [-0.2, -0.15) is 5.26 Å². The Morgan fingerprint density at radius 2 is 1.86 bits per heavy atom. The normalized spacial score (nSPS) is 11.3. The molecule has 0 saturated carbocycles. The van der Waals surface area contributed by atoms with Gasteiger partial charge in [-0.1, -0.05) is 31.2 Å². The minimum absolute atomic E-state index is 0.178. The number of nitrogens with one attached hydrogen (secondary N) is 2. The van der Waals surface area contributed by atoms with Crippen molar-refractivity contribution in [2.45, 2.75) is 26.3 Å². The monoisotopic (exact) mass is 293 g/mol. The molecule has 1 atom stereocenters. The topological polar surface area (TPSA) is 64.9 Å². The number of nitriles is 1. The molecule has 0 unspecified atom stereocenters. The summed E-state index contributed by atoms with van der Waals surface area (Å²) in [6.07, 6.45) is 0.987. The number of amides is 1. The Kier molecular flexibility index (Phi) is 5.16. The molecule has 2 aromatic carbocycles. The Morgan fingerprint density at radius 1 is 1.18 bits per heavy atom.